The molecule has 3 N–H and O–H groups in total. The molecule has 1 aromatic carbocycles. The molecule has 1 fully saturated rings. The van der Waals surface area contributed by atoms with Crippen LogP contribution in [0.4, 0.5) is 4.39 Å². The molecule has 4 nitrogen and oxygen atoms in total. The van der Waals surface area contributed by atoms with E-state index in [0.717, 1.165) is 24.8 Å². The Balaban J connectivity index is 1.96. The van der Waals surface area contributed by atoms with E-state index in [9.17, 15) is 9.18 Å². The average molecular weight is 293 g/mol. The van der Waals surface area contributed by atoms with Crippen LogP contribution < -0.4 is 11.1 Å². The number of carbonyl (C=O) groups is 1. The number of benzene rings is 1. The van der Waals surface area contributed by atoms with E-state index < -0.39 is 0 Å². The second-order valence-electron chi connectivity index (χ2n) is 6.05. The third-order valence-corrected chi connectivity index (χ3v) is 4.17. The minimum absolute atomic E-state index is 0.0234. The number of nitrogens with two attached hydrogens (primary N) is 1. The summed E-state index contributed by atoms with van der Waals surface area (Å²) < 4.78 is 13.4. The molecule has 1 aliphatic rings. The molecule has 0 heterocycles. The van der Waals surface area contributed by atoms with Gasteiger partial charge in [-0.1, -0.05) is 12.1 Å². The minimum atomic E-state index is -0.257. The van der Waals surface area contributed by atoms with Crippen molar-refractivity contribution < 1.29 is 9.18 Å². The summed E-state index contributed by atoms with van der Waals surface area (Å²) in [7, 11) is 3.85. The van der Waals surface area contributed by atoms with Gasteiger partial charge in [0, 0.05) is 18.5 Å². The van der Waals surface area contributed by atoms with Crippen LogP contribution in [0, 0.1) is 11.7 Å². The van der Waals surface area contributed by atoms with Crippen LogP contribution in [0.3, 0.4) is 0 Å². The number of halogens is 1. The molecule has 1 aromatic rings. The lowest BCUT2D eigenvalue weighted by Gasteiger charge is -2.25. The van der Waals surface area contributed by atoms with E-state index in [1.54, 1.807) is 6.07 Å². The number of carbonyl (C=O) groups excluding carboxylic acids is 1. The normalized spacial score (nSPS) is 23.3. The summed E-state index contributed by atoms with van der Waals surface area (Å²) in [4.78, 5) is 14.1. The number of likely N-dealkylation sites (N-methyl/N-ethyl adjacent to an activating group) is 1. The maximum Gasteiger partial charge on any atom is 0.223 e. The zero-order chi connectivity index (χ0) is 15.4. The van der Waals surface area contributed by atoms with E-state index in [-0.39, 0.29) is 29.7 Å². The maximum absolute atomic E-state index is 13.4. The molecular formula is C16H24FN3O. The highest BCUT2D eigenvalue weighted by Gasteiger charge is 2.28. The fourth-order valence-electron chi connectivity index (χ4n) is 2.91. The van der Waals surface area contributed by atoms with Crippen molar-refractivity contribution in [2.45, 2.75) is 31.3 Å². The Labute approximate surface area is 125 Å². The van der Waals surface area contributed by atoms with Crippen LogP contribution in [0.15, 0.2) is 24.3 Å². The van der Waals surface area contributed by atoms with Crippen molar-refractivity contribution in [3.05, 3.63) is 35.6 Å². The molecule has 0 spiro atoms. The van der Waals surface area contributed by atoms with Crippen LogP contribution in [-0.4, -0.2) is 37.5 Å². The highest BCUT2D eigenvalue weighted by atomic mass is 19.1. The van der Waals surface area contributed by atoms with Crippen molar-refractivity contribution in [3.63, 3.8) is 0 Å². The number of hydrogen-bond acceptors (Lipinski definition) is 3. The maximum atomic E-state index is 13.4. The molecule has 0 radical (unpaired) electrons. The van der Waals surface area contributed by atoms with Gasteiger partial charge in [0.05, 0.1) is 6.04 Å². The summed E-state index contributed by atoms with van der Waals surface area (Å²) in [5, 5.41) is 2.99. The van der Waals surface area contributed by atoms with E-state index >= 15 is 0 Å². The Hall–Kier alpha value is -1.46. The van der Waals surface area contributed by atoms with Gasteiger partial charge in [0.1, 0.15) is 5.82 Å². The van der Waals surface area contributed by atoms with E-state index in [0.29, 0.717) is 6.54 Å². The molecule has 0 aromatic heterocycles. The fourth-order valence-corrected chi connectivity index (χ4v) is 2.91. The number of nitrogens with one attached hydrogen (secondary N) is 1. The van der Waals surface area contributed by atoms with E-state index in [4.69, 9.17) is 5.73 Å². The van der Waals surface area contributed by atoms with Gasteiger partial charge in [-0.3, -0.25) is 4.79 Å². The smallest absolute Gasteiger partial charge is 0.223 e. The molecule has 0 aliphatic heterocycles. The topological polar surface area (TPSA) is 58.4 Å². The molecule has 0 saturated heterocycles. The van der Waals surface area contributed by atoms with E-state index in [1.165, 1.54) is 12.1 Å². The summed E-state index contributed by atoms with van der Waals surface area (Å²) in [6.07, 6.45) is 2.54. The minimum Gasteiger partial charge on any atom is -0.354 e. The van der Waals surface area contributed by atoms with Gasteiger partial charge in [-0.25, -0.2) is 4.39 Å². The Morgan fingerprint density at radius 1 is 1.48 bits per heavy atom. The van der Waals surface area contributed by atoms with Crippen LogP contribution in [0.5, 0.6) is 0 Å². The summed E-state index contributed by atoms with van der Waals surface area (Å²) in [5.74, 6) is -0.172. The Bertz CT molecular complexity index is 492. The molecule has 21 heavy (non-hydrogen) atoms. The van der Waals surface area contributed by atoms with Gasteiger partial charge in [0.25, 0.3) is 0 Å². The van der Waals surface area contributed by atoms with Crippen LogP contribution in [0.2, 0.25) is 0 Å². The summed E-state index contributed by atoms with van der Waals surface area (Å²) in [5.41, 5.74) is 6.71. The highest BCUT2D eigenvalue weighted by molar-refractivity contribution is 5.79. The molecule has 2 rings (SSSR count). The predicted octanol–water partition coefficient (Wildman–Crippen LogP) is 1.67. The van der Waals surface area contributed by atoms with E-state index in [1.807, 2.05) is 25.1 Å². The van der Waals surface area contributed by atoms with Crippen molar-refractivity contribution in [1.29, 1.82) is 0 Å². The second-order valence-corrected chi connectivity index (χ2v) is 6.05. The first kappa shape index (κ1) is 15.9. The highest BCUT2D eigenvalue weighted by Crippen LogP contribution is 2.24. The molecule has 0 bridgehead atoms. The van der Waals surface area contributed by atoms with Crippen molar-refractivity contribution in [1.82, 2.24) is 10.2 Å². The number of rotatable bonds is 5. The lowest BCUT2D eigenvalue weighted by molar-refractivity contribution is -0.125. The van der Waals surface area contributed by atoms with Crippen molar-refractivity contribution in [2.24, 2.45) is 11.7 Å². The number of nitrogens with zero attached hydrogens (tertiary/aromatic N) is 1. The van der Waals surface area contributed by atoms with Crippen molar-refractivity contribution >= 4 is 5.91 Å². The third kappa shape index (κ3) is 4.25. The van der Waals surface area contributed by atoms with Gasteiger partial charge in [-0.15, -0.1) is 0 Å². The molecule has 1 amide bonds. The molecule has 1 saturated carbocycles. The van der Waals surface area contributed by atoms with Crippen molar-refractivity contribution in [3.8, 4) is 0 Å². The SMILES string of the molecule is CN(C)C(CNC(=O)C1CCC(N)C1)c1cccc(F)c1. The van der Waals surface area contributed by atoms with Gasteiger partial charge in [0.2, 0.25) is 5.91 Å². The zero-order valence-corrected chi connectivity index (χ0v) is 12.7. The summed E-state index contributed by atoms with van der Waals surface area (Å²) in [6.45, 7) is 0.473. The van der Waals surface area contributed by atoms with Crippen LogP contribution in [-0.2, 0) is 4.79 Å². The average Bonchev–Trinajstić information content (AvgIpc) is 2.85. The first-order valence-electron chi connectivity index (χ1n) is 7.42. The first-order chi connectivity index (χ1) is 9.97. The predicted molar refractivity (Wildman–Crippen MR) is 81.2 cm³/mol. The van der Waals surface area contributed by atoms with Gasteiger partial charge in [-0.2, -0.15) is 0 Å². The lowest BCUT2D eigenvalue weighted by atomic mass is 10.0. The van der Waals surface area contributed by atoms with Crippen LogP contribution in [0.1, 0.15) is 30.9 Å². The summed E-state index contributed by atoms with van der Waals surface area (Å²) >= 11 is 0. The number of amides is 1. The molecule has 3 unspecified atom stereocenters. The van der Waals surface area contributed by atoms with Gasteiger partial charge < -0.3 is 16.0 Å². The standard InChI is InChI=1S/C16H24FN3O/c1-20(2)15(11-4-3-5-13(17)8-11)10-19-16(21)12-6-7-14(18)9-12/h3-5,8,12,14-15H,6-7,9-10,18H2,1-2H3,(H,19,21). The van der Waals surface area contributed by atoms with Gasteiger partial charge in [-0.05, 0) is 51.1 Å². The van der Waals surface area contributed by atoms with Gasteiger partial charge >= 0.3 is 0 Å². The molecule has 1 aliphatic carbocycles. The Morgan fingerprint density at radius 2 is 2.24 bits per heavy atom. The lowest BCUT2D eigenvalue weighted by Crippen LogP contribution is -2.37. The summed E-state index contributed by atoms with van der Waals surface area (Å²) in [6, 6.07) is 6.62. The third-order valence-electron chi connectivity index (χ3n) is 4.17. The molecule has 3 atom stereocenters. The molecular weight excluding hydrogens is 269 g/mol. The second kappa shape index (κ2) is 7.00. The number of hydrogen-bond donors (Lipinski definition) is 2. The Morgan fingerprint density at radius 3 is 2.81 bits per heavy atom. The van der Waals surface area contributed by atoms with Crippen LogP contribution in [0.25, 0.3) is 0 Å². The van der Waals surface area contributed by atoms with E-state index in [2.05, 4.69) is 5.32 Å². The van der Waals surface area contributed by atoms with Gasteiger partial charge in [0.15, 0.2) is 0 Å². The molecule has 116 valence electrons. The van der Waals surface area contributed by atoms with Crippen molar-refractivity contribution in [2.75, 3.05) is 20.6 Å². The zero-order valence-electron chi connectivity index (χ0n) is 12.7. The fraction of sp³-hybridized carbons (Fsp3) is 0.562. The first-order valence-corrected chi connectivity index (χ1v) is 7.42. The monoisotopic (exact) mass is 293 g/mol. The Kier molecular flexibility index (Phi) is 5.31. The largest absolute Gasteiger partial charge is 0.354 e. The quantitative estimate of drug-likeness (QED) is 0.868. The van der Waals surface area contributed by atoms with Crippen LogP contribution >= 0.6 is 0 Å². The molecule has 5 heteroatoms.